The molecule has 1 aliphatic heterocycles. The molecule has 4 nitrogen and oxygen atoms in total. The molecule has 0 radical (unpaired) electrons. The molecule has 20 heavy (non-hydrogen) atoms. The van der Waals surface area contributed by atoms with Gasteiger partial charge in [-0.15, -0.1) is 0 Å². The summed E-state index contributed by atoms with van der Waals surface area (Å²) < 4.78 is 40.4. The Morgan fingerprint density at radius 1 is 1.45 bits per heavy atom. The number of nitrogens with zero attached hydrogens (tertiary/aromatic N) is 1. The molecule has 1 fully saturated rings. The molecule has 1 heterocycles. The van der Waals surface area contributed by atoms with E-state index in [9.17, 15) is 12.8 Å². The summed E-state index contributed by atoms with van der Waals surface area (Å²) in [7, 11) is -3.77. The fourth-order valence-corrected chi connectivity index (χ4v) is 4.16. The Morgan fingerprint density at radius 3 is 2.75 bits per heavy atom. The van der Waals surface area contributed by atoms with Gasteiger partial charge in [-0.25, -0.2) is 12.8 Å². The topological polar surface area (TPSA) is 63.4 Å². The normalized spacial score (nSPS) is 22.7. The molecular formula is C14H21FN2O2S. The minimum absolute atomic E-state index is 0.0594. The second-order valence-corrected chi connectivity index (χ2v) is 7.46. The first-order valence-corrected chi connectivity index (χ1v) is 8.28. The van der Waals surface area contributed by atoms with Gasteiger partial charge in [-0.05, 0) is 50.3 Å². The summed E-state index contributed by atoms with van der Waals surface area (Å²) in [5.74, 6) is -0.556. The van der Waals surface area contributed by atoms with Gasteiger partial charge < -0.3 is 5.73 Å². The van der Waals surface area contributed by atoms with Gasteiger partial charge in [0.25, 0.3) is 0 Å². The summed E-state index contributed by atoms with van der Waals surface area (Å²) in [4.78, 5) is -0.242. The van der Waals surface area contributed by atoms with Gasteiger partial charge in [-0.3, -0.25) is 0 Å². The number of piperidine rings is 1. The average Bonchev–Trinajstić information content (AvgIpc) is 2.38. The highest BCUT2D eigenvalue weighted by atomic mass is 32.2. The Bertz CT molecular complexity index is 587. The number of hydrogen-bond acceptors (Lipinski definition) is 3. The van der Waals surface area contributed by atoms with Crippen LogP contribution in [-0.2, 0) is 10.0 Å². The molecule has 0 aromatic heterocycles. The van der Waals surface area contributed by atoms with Crippen LogP contribution in [0.25, 0.3) is 0 Å². The summed E-state index contributed by atoms with van der Waals surface area (Å²) in [6.45, 7) is 4.41. The van der Waals surface area contributed by atoms with E-state index in [2.05, 4.69) is 0 Å². The monoisotopic (exact) mass is 300 g/mol. The van der Waals surface area contributed by atoms with Crippen LogP contribution in [0.3, 0.4) is 0 Å². The molecule has 0 spiro atoms. The lowest BCUT2D eigenvalue weighted by Crippen LogP contribution is -2.45. The fourth-order valence-electron chi connectivity index (χ4n) is 2.58. The highest BCUT2D eigenvalue weighted by Crippen LogP contribution is 2.26. The molecule has 0 bridgehead atoms. The number of hydrogen-bond donors (Lipinski definition) is 1. The van der Waals surface area contributed by atoms with Crippen molar-refractivity contribution in [3.8, 4) is 0 Å². The number of aryl methyl sites for hydroxylation is 1. The number of sulfonamides is 1. The highest BCUT2D eigenvalue weighted by Gasteiger charge is 2.33. The third kappa shape index (κ3) is 3.02. The van der Waals surface area contributed by atoms with E-state index >= 15 is 0 Å². The van der Waals surface area contributed by atoms with E-state index in [0.717, 1.165) is 12.8 Å². The smallest absolute Gasteiger partial charge is 0.245 e. The van der Waals surface area contributed by atoms with Crippen LogP contribution in [0, 0.1) is 18.7 Å². The van der Waals surface area contributed by atoms with Gasteiger partial charge in [0.05, 0.1) is 0 Å². The van der Waals surface area contributed by atoms with E-state index in [0.29, 0.717) is 18.7 Å². The van der Waals surface area contributed by atoms with Crippen molar-refractivity contribution < 1.29 is 12.8 Å². The van der Waals surface area contributed by atoms with Gasteiger partial charge in [0.2, 0.25) is 10.0 Å². The second kappa shape index (κ2) is 5.79. The molecule has 1 saturated heterocycles. The second-order valence-electron chi connectivity index (χ2n) is 5.56. The van der Waals surface area contributed by atoms with Crippen molar-refractivity contribution in [3.05, 3.63) is 29.6 Å². The van der Waals surface area contributed by atoms with Crippen LogP contribution in [0.5, 0.6) is 0 Å². The van der Waals surface area contributed by atoms with Crippen molar-refractivity contribution in [3.63, 3.8) is 0 Å². The lowest BCUT2D eigenvalue weighted by molar-refractivity contribution is 0.242. The van der Waals surface area contributed by atoms with Gasteiger partial charge in [-0.2, -0.15) is 4.31 Å². The highest BCUT2D eigenvalue weighted by molar-refractivity contribution is 7.89. The molecule has 0 saturated carbocycles. The van der Waals surface area contributed by atoms with Crippen molar-refractivity contribution >= 4 is 10.0 Å². The van der Waals surface area contributed by atoms with Crippen molar-refractivity contribution in [1.82, 2.24) is 4.31 Å². The minimum atomic E-state index is -3.77. The Kier molecular flexibility index (Phi) is 4.46. The molecule has 0 aliphatic carbocycles. The summed E-state index contributed by atoms with van der Waals surface area (Å²) in [5, 5.41) is 0. The van der Waals surface area contributed by atoms with Gasteiger partial charge in [-0.1, -0.05) is 6.07 Å². The van der Waals surface area contributed by atoms with Crippen LogP contribution in [0.4, 0.5) is 4.39 Å². The molecule has 2 rings (SSSR count). The van der Waals surface area contributed by atoms with E-state index < -0.39 is 15.8 Å². The first-order valence-electron chi connectivity index (χ1n) is 6.84. The predicted octanol–water partition coefficient (Wildman–Crippen LogP) is 1.88. The Labute approximate surface area is 119 Å². The predicted molar refractivity (Wildman–Crippen MR) is 76.3 cm³/mol. The number of halogens is 1. The van der Waals surface area contributed by atoms with Crippen molar-refractivity contribution in [2.45, 2.75) is 37.6 Å². The number of rotatable bonds is 3. The largest absolute Gasteiger partial charge is 0.328 e. The third-order valence-corrected chi connectivity index (χ3v) is 5.77. The van der Waals surface area contributed by atoms with E-state index in [1.807, 2.05) is 6.92 Å². The van der Waals surface area contributed by atoms with E-state index in [4.69, 9.17) is 5.73 Å². The Balaban J connectivity index is 2.30. The van der Waals surface area contributed by atoms with E-state index in [-0.39, 0.29) is 16.9 Å². The molecule has 1 aromatic carbocycles. The molecule has 2 atom stereocenters. The van der Waals surface area contributed by atoms with Gasteiger partial charge in [0, 0.05) is 19.1 Å². The average molecular weight is 300 g/mol. The quantitative estimate of drug-likeness (QED) is 0.927. The maximum atomic E-state index is 13.9. The molecular weight excluding hydrogens is 279 g/mol. The van der Waals surface area contributed by atoms with Crippen molar-refractivity contribution in [1.29, 1.82) is 0 Å². The summed E-state index contributed by atoms with van der Waals surface area (Å²) in [6, 6.07) is 4.15. The summed E-state index contributed by atoms with van der Waals surface area (Å²) in [6.07, 6.45) is 1.68. The van der Waals surface area contributed by atoms with Gasteiger partial charge >= 0.3 is 0 Å². The summed E-state index contributed by atoms with van der Waals surface area (Å²) in [5.41, 5.74) is 6.57. The standard InChI is InChI=1S/C14H21FN2O2S/c1-10-5-6-14(13(15)8-10)20(18,19)17-7-3-4-12(9-17)11(2)16/h5-6,8,11-12H,3-4,7,9,16H2,1-2H3. The SMILES string of the molecule is Cc1ccc(S(=O)(=O)N2CCCC(C(C)N)C2)c(F)c1. The Morgan fingerprint density at radius 2 is 2.15 bits per heavy atom. The Hall–Kier alpha value is -0.980. The number of benzene rings is 1. The molecule has 112 valence electrons. The van der Waals surface area contributed by atoms with Crippen LogP contribution >= 0.6 is 0 Å². The van der Waals surface area contributed by atoms with Gasteiger partial charge in [0.15, 0.2) is 0 Å². The van der Waals surface area contributed by atoms with Crippen LogP contribution in [0.15, 0.2) is 23.1 Å². The van der Waals surface area contributed by atoms with Crippen LogP contribution in [0.2, 0.25) is 0 Å². The van der Waals surface area contributed by atoms with Gasteiger partial charge in [0.1, 0.15) is 10.7 Å². The zero-order chi connectivity index (χ0) is 14.9. The van der Waals surface area contributed by atoms with Crippen LogP contribution < -0.4 is 5.73 Å². The fraction of sp³-hybridized carbons (Fsp3) is 0.571. The first kappa shape index (κ1) is 15.4. The first-order chi connectivity index (χ1) is 9.32. The molecule has 1 aromatic rings. The molecule has 2 N–H and O–H groups in total. The van der Waals surface area contributed by atoms with Crippen LogP contribution in [0.1, 0.15) is 25.3 Å². The lowest BCUT2D eigenvalue weighted by Gasteiger charge is -2.33. The molecule has 2 unspecified atom stereocenters. The lowest BCUT2D eigenvalue weighted by atomic mass is 9.93. The zero-order valence-corrected chi connectivity index (χ0v) is 12.7. The van der Waals surface area contributed by atoms with E-state index in [1.54, 1.807) is 13.0 Å². The maximum absolute atomic E-state index is 13.9. The van der Waals surface area contributed by atoms with Crippen molar-refractivity contribution in [2.75, 3.05) is 13.1 Å². The van der Waals surface area contributed by atoms with Crippen molar-refractivity contribution in [2.24, 2.45) is 11.7 Å². The zero-order valence-electron chi connectivity index (χ0n) is 11.8. The molecule has 1 aliphatic rings. The molecule has 6 heteroatoms. The van der Waals surface area contributed by atoms with Crippen LogP contribution in [-0.4, -0.2) is 31.9 Å². The maximum Gasteiger partial charge on any atom is 0.245 e. The summed E-state index contributed by atoms with van der Waals surface area (Å²) >= 11 is 0. The number of nitrogens with two attached hydrogens (primary N) is 1. The minimum Gasteiger partial charge on any atom is -0.328 e. The third-order valence-electron chi connectivity index (χ3n) is 3.87. The van der Waals surface area contributed by atoms with E-state index in [1.165, 1.54) is 16.4 Å². The molecule has 0 amide bonds.